The zero-order valence-electron chi connectivity index (χ0n) is 12.3. The van der Waals surface area contributed by atoms with Crippen molar-refractivity contribution in [1.29, 1.82) is 0 Å². The van der Waals surface area contributed by atoms with Crippen molar-refractivity contribution in [3.63, 3.8) is 0 Å². The van der Waals surface area contributed by atoms with E-state index in [4.69, 9.17) is 0 Å². The van der Waals surface area contributed by atoms with Crippen LogP contribution in [-0.4, -0.2) is 62.1 Å². The summed E-state index contributed by atoms with van der Waals surface area (Å²) in [4.78, 5) is 27.5. The summed E-state index contributed by atoms with van der Waals surface area (Å²) in [7, 11) is 0. The average Bonchev–Trinajstić information content (AvgIpc) is 3.08. The molecule has 2 aromatic rings. The lowest BCUT2D eigenvalue weighted by Gasteiger charge is -2.34. The molecule has 0 atom stereocenters. The average molecular weight is 303 g/mol. The van der Waals surface area contributed by atoms with E-state index >= 15 is 0 Å². The number of rotatable bonds is 4. The largest absolute Gasteiger partial charge is 0.354 e. The van der Waals surface area contributed by atoms with Gasteiger partial charge in [-0.1, -0.05) is 6.92 Å². The number of hydrogen-bond acceptors (Lipinski definition) is 7. The molecule has 0 unspecified atom stereocenters. The van der Waals surface area contributed by atoms with Crippen LogP contribution in [-0.2, 0) is 0 Å². The molecule has 0 bridgehead atoms. The van der Waals surface area contributed by atoms with E-state index in [0.717, 1.165) is 32.7 Å². The molecule has 1 saturated heterocycles. The van der Waals surface area contributed by atoms with Gasteiger partial charge in [0.05, 0.1) is 4.92 Å². The third-order valence-electron chi connectivity index (χ3n) is 3.83. The van der Waals surface area contributed by atoms with Crippen LogP contribution in [0.4, 0.5) is 11.5 Å². The molecule has 0 aromatic carbocycles. The summed E-state index contributed by atoms with van der Waals surface area (Å²) < 4.78 is 1.53. The number of likely N-dealkylation sites (N-methyl/N-ethyl adjacent to an activating group) is 1. The normalized spacial score (nSPS) is 16.0. The summed E-state index contributed by atoms with van der Waals surface area (Å²) in [6, 6.07) is 0. The molecule has 0 saturated carbocycles. The number of anilines is 1. The zero-order chi connectivity index (χ0) is 15.5. The second kappa shape index (κ2) is 6.06. The number of nitro groups is 1. The number of imidazole rings is 1. The highest BCUT2D eigenvalue weighted by atomic mass is 16.6. The summed E-state index contributed by atoms with van der Waals surface area (Å²) in [6.07, 6.45) is 6.05. The van der Waals surface area contributed by atoms with Crippen molar-refractivity contribution in [2.75, 3.05) is 37.6 Å². The van der Waals surface area contributed by atoms with Crippen LogP contribution in [0.2, 0.25) is 0 Å². The molecule has 1 aliphatic rings. The van der Waals surface area contributed by atoms with Crippen LogP contribution in [0, 0.1) is 10.1 Å². The van der Waals surface area contributed by atoms with Gasteiger partial charge in [-0.15, -0.1) is 0 Å². The number of piperazine rings is 1. The molecule has 1 aliphatic heterocycles. The second-order valence-corrected chi connectivity index (χ2v) is 5.02. The van der Waals surface area contributed by atoms with Crippen molar-refractivity contribution in [2.45, 2.75) is 6.92 Å². The van der Waals surface area contributed by atoms with Gasteiger partial charge in [-0.05, 0) is 6.54 Å². The predicted octanol–water partition coefficient (Wildman–Crippen LogP) is 0.712. The highest BCUT2D eigenvalue weighted by Gasteiger charge is 2.29. The third kappa shape index (κ3) is 2.62. The van der Waals surface area contributed by atoms with Gasteiger partial charge in [0.15, 0.2) is 0 Å². The fourth-order valence-corrected chi connectivity index (χ4v) is 2.60. The van der Waals surface area contributed by atoms with Gasteiger partial charge in [0.1, 0.15) is 12.7 Å². The van der Waals surface area contributed by atoms with E-state index in [1.54, 1.807) is 12.4 Å². The Morgan fingerprint density at radius 3 is 2.55 bits per heavy atom. The van der Waals surface area contributed by atoms with Crippen molar-refractivity contribution in [3.8, 4) is 5.82 Å². The molecule has 3 rings (SSSR count). The first kappa shape index (κ1) is 14.4. The molecule has 9 heteroatoms. The van der Waals surface area contributed by atoms with Crippen LogP contribution in [0.25, 0.3) is 5.82 Å². The monoisotopic (exact) mass is 303 g/mol. The molecule has 0 aliphatic carbocycles. The minimum atomic E-state index is -0.420. The first-order chi connectivity index (χ1) is 10.7. The van der Waals surface area contributed by atoms with Crippen molar-refractivity contribution in [2.24, 2.45) is 0 Å². The summed E-state index contributed by atoms with van der Waals surface area (Å²) >= 11 is 0. The molecule has 0 amide bonds. The fraction of sp³-hybridized carbons (Fsp3) is 0.462. The SMILES string of the molecule is CCN1CCN(c2ncnc(-n3ccnc3)c2[N+](=O)[O-])CC1. The minimum absolute atomic E-state index is 0.0783. The Balaban J connectivity index is 1.98. The molecule has 0 spiro atoms. The molecule has 116 valence electrons. The van der Waals surface area contributed by atoms with Crippen LogP contribution < -0.4 is 4.90 Å². The Hall–Kier alpha value is -2.55. The van der Waals surface area contributed by atoms with E-state index in [1.165, 1.54) is 17.2 Å². The molecule has 9 nitrogen and oxygen atoms in total. The summed E-state index contributed by atoms with van der Waals surface area (Å²) in [5, 5.41) is 11.6. The van der Waals surface area contributed by atoms with E-state index in [0.29, 0.717) is 5.82 Å². The highest BCUT2D eigenvalue weighted by molar-refractivity contribution is 5.65. The molecule has 0 radical (unpaired) electrons. The van der Waals surface area contributed by atoms with Gasteiger partial charge in [-0.2, -0.15) is 0 Å². The lowest BCUT2D eigenvalue weighted by Crippen LogP contribution is -2.46. The second-order valence-electron chi connectivity index (χ2n) is 5.02. The van der Waals surface area contributed by atoms with Crippen molar-refractivity contribution in [1.82, 2.24) is 24.4 Å². The zero-order valence-corrected chi connectivity index (χ0v) is 12.3. The molecular weight excluding hydrogens is 286 g/mol. The van der Waals surface area contributed by atoms with Gasteiger partial charge >= 0.3 is 5.69 Å². The van der Waals surface area contributed by atoms with Gasteiger partial charge in [0, 0.05) is 38.6 Å². The maximum absolute atomic E-state index is 11.6. The highest BCUT2D eigenvalue weighted by Crippen LogP contribution is 2.30. The Morgan fingerprint density at radius 1 is 1.23 bits per heavy atom. The summed E-state index contributed by atoms with van der Waals surface area (Å²) in [6.45, 7) is 6.28. The molecule has 3 heterocycles. The Labute approximate surface area is 127 Å². The predicted molar refractivity (Wildman–Crippen MR) is 80.1 cm³/mol. The van der Waals surface area contributed by atoms with Crippen molar-refractivity contribution in [3.05, 3.63) is 35.2 Å². The molecule has 0 N–H and O–H groups in total. The summed E-state index contributed by atoms with van der Waals surface area (Å²) in [5.41, 5.74) is -0.0783. The molecular formula is C13H17N7O2. The maximum Gasteiger partial charge on any atom is 0.354 e. The first-order valence-corrected chi connectivity index (χ1v) is 7.15. The fourth-order valence-electron chi connectivity index (χ4n) is 2.60. The van der Waals surface area contributed by atoms with Crippen LogP contribution >= 0.6 is 0 Å². The Kier molecular flexibility index (Phi) is 3.96. The smallest absolute Gasteiger partial charge is 0.348 e. The van der Waals surface area contributed by atoms with E-state index in [9.17, 15) is 10.1 Å². The number of nitrogens with zero attached hydrogens (tertiary/aromatic N) is 7. The van der Waals surface area contributed by atoms with Crippen molar-refractivity contribution >= 4 is 11.5 Å². The lowest BCUT2D eigenvalue weighted by atomic mass is 10.3. The number of hydrogen-bond donors (Lipinski definition) is 0. The van der Waals surface area contributed by atoms with Crippen LogP contribution in [0.3, 0.4) is 0 Å². The Bertz CT molecular complexity index is 650. The molecule has 1 fully saturated rings. The van der Waals surface area contributed by atoms with Gasteiger partial charge in [-0.25, -0.2) is 15.0 Å². The summed E-state index contributed by atoms with van der Waals surface area (Å²) in [5.74, 6) is 0.616. The minimum Gasteiger partial charge on any atom is -0.348 e. The molecule has 22 heavy (non-hydrogen) atoms. The lowest BCUT2D eigenvalue weighted by molar-refractivity contribution is -0.384. The first-order valence-electron chi connectivity index (χ1n) is 7.15. The van der Waals surface area contributed by atoms with Gasteiger partial charge < -0.3 is 9.80 Å². The maximum atomic E-state index is 11.6. The van der Waals surface area contributed by atoms with E-state index in [-0.39, 0.29) is 11.5 Å². The van der Waals surface area contributed by atoms with Gasteiger partial charge in [-0.3, -0.25) is 14.7 Å². The molecule has 2 aromatic heterocycles. The van der Waals surface area contributed by atoms with Gasteiger partial charge in [0.2, 0.25) is 11.6 Å². The number of aromatic nitrogens is 4. The van der Waals surface area contributed by atoms with E-state index < -0.39 is 4.92 Å². The van der Waals surface area contributed by atoms with Crippen LogP contribution in [0.5, 0.6) is 0 Å². The van der Waals surface area contributed by atoms with Crippen molar-refractivity contribution < 1.29 is 4.92 Å². The van der Waals surface area contributed by atoms with E-state index in [2.05, 4.69) is 26.8 Å². The third-order valence-corrected chi connectivity index (χ3v) is 3.83. The quantitative estimate of drug-likeness (QED) is 0.606. The van der Waals surface area contributed by atoms with Crippen LogP contribution in [0.15, 0.2) is 25.0 Å². The van der Waals surface area contributed by atoms with Crippen LogP contribution in [0.1, 0.15) is 6.92 Å². The van der Waals surface area contributed by atoms with E-state index in [1.807, 2.05) is 4.90 Å². The topological polar surface area (TPSA) is 93.2 Å². The Morgan fingerprint density at radius 2 is 1.95 bits per heavy atom. The standard InChI is InChI=1S/C13H17N7O2/c1-2-17-5-7-18(8-6-17)12-11(20(21)22)13(16-9-15-12)19-4-3-14-10-19/h3-4,9-10H,2,5-8H2,1H3. The van der Waals surface area contributed by atoms with Gasteiger partial charge in [0.25, 0.3) is 0 Å².